The summed E-state index contributed by atoms with van der Waals surface area (Å²) >= 11 is 0. The van der Waals surface area contributed by atoms with Gasteiger partial charge in [-0.3, -0.25) is 4.79 Å². The van der Waals surface area contributed by atoms with E-state index in [1.165, 1.54) is 0 Å². The van der Waals surface area contributed by atoms with Crippen molar-refractivity contribution in [1.82, 2.24) is 4.90 Å². The van der Waals surface area contributed by atoms with Crippen LogP contribution in [0.25, 0.3) is 0 Å². The summed E-state index contributed by atoms with van der Waals surface area (Å²) < 4.78 is 0. The number of hydrogen-bond donors (Lipinski definition) is 1. The number of carbonyl (C=O) groups excluding carboxylic acids is 1. The Labute approximate surface area is 119 Å². The van der Waals surface area contributed by atoms with E-state index in [1.807, 2.05) is 37.3 Å². The van der Waals surface area contributed by atoms with Gasteiger partial charge in [-0.25, -0.2) is 4.79 Å². The van der Waals surface area contributed by atoms with E-state index >= 15 is 0 Å². The first-order valence-corrected chi connectivity index (χ1v) is 7.23. The Morgan fingerprint density at radius 3 is 2.60 bits per heavy atom. The molecule has 2 atom stereocenters. The number of hydrogen-bond acceptors (Lipinski definition) is 2. The Kier molecular flexibility index (Phi) is 4.77. The molecule has 1 saturated heterocycles. The molecule has 0 radical (unpaired) electrons. The van der Waals surface area contributed by atoms with Crippen molar-refractivity contribution in [3.63, 3.8) is 0 Å². The Bertz CT molecular complexity index is 472. The zero-order chi connectivity index (χ0) is 14.5. The first-order valence-electron chi connectivity index (χ1n) is 7.23. The van der Waals surface area contributed by atoms with Gasteiger partial charge < -0.3 is 10.0 Å². The molecule has 4 nitrogen and oxygen atoms in total. The third kappa shape index (κ3) is 3.00. The van der Waals surface area contributed by atoms with Crippen LogP contribution in [0.2, 0.25) is 0 Å². The molecule has 4 heteroatoms. The van der Waals surface area contributed by atoms with Gasteiger partial charge in [-0.1, -0.05) is 37.3 Å². The van der Waals surface area contributed by atoms with Gasteiger partial charge in [-0.2, -0.15) is 0 Å². The first-order chi connectivity index (χ1) is 9.65. The molecule has 2 unspecified atom stereocenters. The molecule has 1 heterocycles. The summed E-state index contributed by atoms with van der Waals surface area (Å²) in [4.78, 5) is 25.6. The number of carbonyl (C=O) groups is 2. The number of aliphatic carboxylic acids is 1. The minimum absolute atomic E-state index is 0.0502. The maximum absolute atomic E-state index is 12.7. The molecule has 0 spiro atoms. The summed E-state index contributed by atoms with van der Waals surface area (Å²) in [6, 6.07) is 8.96. The summed E-state index contributed by atoms with van der Waals surface area (Å²) in [5.74, 6) is -1.18. The minimum Gasteiger partial charge on any atom is -0.480 e. The number of nitrogens with zero attached hydrogens (tertiary/aromatic N) is 1. The van der Waals surface area contributed by atoms with Crippen molar-refractivity contribution in [2.24, 2.45) is 0 Å². The van der Waals surface area contributed by atoms with Gasteiger partial charge in [0.05, 0.1) is 5.92 Å². The molecule has 1 aliphatic rings. The average Bonchev–Trinajstić information content (AvgIpc) is 2.49. The molecule has 1 amide bonds. The molecule has 0 saturated carbocycles. The average molecular weight is 275 g/mol. The molecule has 1 N–H and O–H groups in total. The van der Waals surface area contributed by atoms with Crippen LogP contribution in [0.5, 0.6) is 0 Å². The molecule has 0 aliphatic carbocycles. The second kappa shape index (κ2) is 6.55. The van der Waals surface area contributed by atoms with Gasteiger partial charge in [0.25, 0.3) is 0 Å². The molecule has 1 aromatic rings. The molecular weight excluding hydrogens is 254 g/mol. The van der Waals surface area contributed by atoms with Crippen LogP contribution in [-0.4, -0.2) is 34.5 Å². The minimum atomic E-state index is -0.888. The van der Waals surface area contributed by atoms with Crippen molar-refractivity contribution in [3.05, 3.63) is 35.9 Å². The van der Waals surface area contributed by atoms with Crippen molar-refractivity contribution >= 4 is 11.9 Å². The number of carboxylic acid groups (broad SMARTS) is 1. The Balaban J connectivity index is 2.21. The SMILES string of the molecule is CCC(C(=O)N1CCCCC1C(=O)O)c1ccccc1. The van der Waals surface area contributed by atoms with E-state index in [1.54, 1.807) is 4.90 Å². The third-order valence-electron chi connectivity index (χ3n) is 3.98. The fraction of sp³-hybridized carbons (Fsp3) is 0.500. The van der Waals surface area contributed by atoms with Gasteiger partial charge >= 0.3 is 5.97 Å². The number of benzene rings is 1. The van der Waals surface area contributed by atoms with E-state index in [0.29, 0.717) is 19.4 Å². The normalized spacial score (nSPS) is 20.4. The molecule has 0 aromatic heterocycles. The summed E-state index contributed by atoms with van der Waals surface area (Å²) in [6.07, 6.45) is 3.02. The molecular formula is C16H21NO3. The predicted octanol–water partition coefficient (Wildman–Crippen LogP) is 2.65. The highest BCUT2D eigenvalue weighted by atomic mass is 16.4. The lowest BCUT2D eigenvalue weighted by Crippen LogP contribution is -2.49. The largest absolute Gasteiger partial charge is 0.480 e. The van der Waals surface area contributed by atoms with E-state index in [-0.39, 0.29) is 11.8 Å². The van der Waals surface area contributed by atoms with Crippen molar-refractivity contribution < 1.29 is 14.7 Å². The molecule has 2 rings (SSSR count). The smallest absolute Gasteiger partial charge is 0.326 e. The van der Waals surface area contributed by atoms with Crippen LogP contribution >= 0.6 is 0 Å². The Morgan fingerprint density at radius 1 is 1.30 bits per heavy atom. The van der Waals surface area contributed by atoms with E-state index < -0.39 is 12.0 Å². The van der Waals surface area contributed by atoms with Crippen LogP contribution in [0.4, 0.5) is 0 Å². The van der Waals surface area contributed by atoms with E-state index in [2.05, 4.69) is 0 Å². The monoisotopic (exact) mass is 275 g/mol. The molecule has 0 bridgehead atoms. The van der Waals surface area contributed by atoms with Crippen LogP contribution in [0.1, 0.15) is 44.1 Å². The van der Waals surface area contributed by atoms with Crippen LogP contribution < -0.4 is 0 Å². The lowest BCUT2D eigenvalue weighted by Gasteiger charge is -2.35. The second-order valence-corrected chi connectivity index (χ2v) is 5.25. The second-order valence-electron chi connectivity index (χ2n) is 5.25. The van der Waals surface area contributed by atoms with Crippen molar-refractivity contribution in [1.29, 1.82) is 0 Å². The van der Waals surface area contributed by atoms with Gasteiger partial charge in [-0.05, 0) is 31.2 Å². The number of rotatable bonds is 4. The van der Waals surface area contributed by atoms with Gasteiger partial charge in [0, 0.05) is 6.54 Å². The molecule has 108 valence electrons. The zero-order valence-corrected chi connectivity index (χ0v) is 11.8. The highest BCUT2D eigenvalue weighted by Gasteiger charge is 2.35. The lowest BCUT2D eigenvalue weighted by atomic mass is 9.92. The molecule has 1 aromatic carbocycles. The van der Waals surface area contributed by atoms with Crippen molar-refractivity contribution in [2.45, 2.75) is 44.6 Å². The Morgan fingerprint density at radius 2 is 2.00 bits per heavy atom. The number of amides is 1. The standard InChI is InChI=1S/C16H21NO3/c1-2-13(12-8-4-3-5-9-12)15(18)17-11-7-6-10-14(17)16(19)20/h3-5,8-9,13-14H,2,6-7,10-11H2,1H3,(H,19,20). The summed E-state index contributed by atoms with van der Waals surface area (Å²) in [5, 5.41) is 9.29. The number of carboxylic acids is 1. The maximum Gasteiger partial charge on any atom is 0.326 e. The number of piperidine rings is 1. The van der Waals surface area contributed by atoms with Crippen LogP contribution in [0, 0.1) is 0 Å². The van der Waals surface area contributed by atoms with Crippen molar-refractivity contribution in [2.75, 3.05) is 6.54 Å². The topological polar surface area (TPSA) is 57.6 Å². The quantitative estimate of drug-likeness (QED) is 0.919. The molecule has 20 heavy (non-hydrogen) atoms. The van der Waals surface area contributed by atoms with E-state index in [9.17, 15) is 14.7 Å². The highest BCUT2D eigenvalue weighted by molar-refractivity contribution is 5.88. The van der Waals surface area contributed by atoms with Gasteiger partial charge in [0.2, 0.25) is 5.91 Å². The first kappa shape index (κ1) is 14.6. The van der Waals surface area contributed by atoms with Gasteiger partial charge in [0.15, 0.2) is 0 Å². The molecule has 1 fully saturated rings. The maximum atomic E-state index is 12.7. The summed E-state index contributed by atoms with van der Waals surface area (Å²) in [6.45, 7) is 2.52. The Hall–Kier alpha value is -1.84. The predicted molar refractivity (Wildman–Crippen MR) is 76.5 cm³/mol. The van der Waals surface area contributed by atoms with Crippen LogP contribution in [-0.2, 0) is 9.59 Å². The van der Waals surface area contributed by atoms with Crippen LogP contribution in [0.3, 0.4) is 0 Å². The fourth-order valence-corrected chi connectivity index (χ4v) is 2.89. The van der Waals surface area contributed by atoms with Gasteiger partial charge in [0.1, 0.15) is 6.04 Å². The number of likely N-dealkylation sites (tertiary alicyclic amines) is 1. The lowest BCUT2D eigenvalue weighted by molar-refractivity contribution is -0.152. The molecule has 1 aliphatic heterocycles. The summed E-state index contributed by atoms with van der Waals surface area (Å²) in [5.41, 5.74) is 0.967. The highest BCUT2D eigenvalue weighted by Crippen LogP contribution is 2.26. The zero-order valence-electron chi connectivity index (χ0n) is 11.8. The van der Waals surface area contributed by atoms with Crippen LogP contribution in [0.15, 0.2) is 30.3 Å². The van der Waals surface area contributed by atoms with E-state index in [4.69, 9.17) is 0 Å². The van der Waals surface area contributed by atoms with Gasteiger partial charge in [-0.15, -0.1) is 0 Å². The fourth-order valence-electron chi connectivity index (χ4n) is 2.89. The third-order valence-corrected chi connectivity index (χ3v) is 3.98. The van der Waals surface area contributed by atoms with Crippen molar-refractivity contribution in [3.8, 4) is 0 Å². The summed E-state index contributed by atoms with van der Waals surface area (Å²) in [7, 11) is 0. The van der Waals surface area contributed by atoms with E-state index in [0.717, 1.165) is 18.4 Å².